The summed E-state index contributed by atoms with van der Waals surface area (Å²) in [6.45, 7) is 12.9. The van der Waals surface area contributed by atoms with Crippen molar-refractivity contribution in [1.82, 2.24) is 10.6 Å². The maximum atomic E-state index is 11.8. The van der Waals surface area contributed by atoms with E-state index >= 15 is 0 Å². The third-order valence-corrected chi connectivity index (χ3v) is 2.65. The maximum absolute atomic E-state index is 11.8. The molecular formula is C17H29ClN2O2. The van der Waals surface area contributed by atoms with Crippen LogP contribution >= 0.6 is 12.4 Å². The van der Waals surface area contributed by atoms with Crippen molar-refractivity contribution in [3.8, 4) is 5.75 Å². The molecule has 1 aromatic rings. The fraction of sp³-hybridized carbons (Fsp3) is 0.588. The number of nitrogens with one attached hydrogen (secondary N) is 2. The number of hydrogen-bond acceptors (Lipinski definition) is 3. The molecule has 0 unspecified atom stereocenters. The molecule has 0 aliphatic carbocycles. The van der Waals surface area contributed by atoms with Crippen LogP contribution in [0.5, 0.6) is 5.75 Å². The molecule has 0 radical (unpaired) electrons. The minimum absolute atomic E-state index is 0. The number of carbonyl (C=O) groups excluding carboxylic acids is 1. The molecule has 0 bridgehead atoms. The summed E-state index contributed by atoms with van der Waals surface area (Å²) in [7, 11) is 0. The molecule has 1 rings (SSSR count). The minimum Gasteiger partial charge on any atom is -0.483 e. The number of para-hydroxylation sites is 1. The fourth-order valence-electron chi connectivity index (χ4n) is 1.75. The van der Waals surface area contributed by atoms with Crippen LogP contribution in [0.1, 0.15) is 47.1 Å². The van der Waals surface area contributed by atoms with Gasteiger partial charge in [-0.15, -0.1) is 12.4 Å². The van der Waals surface area contributed by atoms with Crippen LogP contribution in [-0.4, -0.2) is 23.6 Å². The lowest BCUT2D eigenvalue weighted by Gasteiger charge is -2.22. The largest absolute Gasteiger partial charge is 0.483 e. The standard InChI is InChI=1S/C17H28N2O2.ClH/c1-16(2,3)18-11-13-9-7-8-10-14(13)21-12-15(20)19-17(4,5)6;/h7-10,18H,11-12H2,1-6H3,(H,19,20);1H. The molecule has 5 heteroatoms. The number of rotatable bonds is 5. The number of carbonyl (C=O) groups is 1. The Morgan fingerprint density at radius 3 is 2.18 bits per heavy atom. The van der Waals surface area contributed by atoms with Crippen LogP contribution in [0.25, 0.3) is 0 Å². The molecule has 0 aliphatic rings. The van der Waals surface area contributed by atoms with Crippen molar-refractivity contribution in [2.75, 3.05) is 6.61 Å². The van der Waals surface area contributed by atoms with E-state index < -0.39 is 0 Å². The molecule has 0 heterocycles. The zero-order valence-corrected chi connectivity index (χ0v) is 15.3. The van der Waals surface area contributed by atoms with Crippen LogP contribution in [-0.2, 0) is 11.3 Å². The zero-order chi connectivity index (χ0) is 16.1. The predicted molar refractivity (Wildman–Crippen MR) is 93.7 cm³/mol. The maximum Gasteiger partial charge on any atom is 0.258 e. The quantitative estimate of drug-likeness (QED) is 0.872. The summed E-state index contributed by atoms with van der Waals surface area (Å²) in [5.74, 6) is 0.638. The second kappa shape index (κ2) is 8.39. The van der Waals surface area contributed by atoms with E-state index in [1.165, 1.54) is 0 Å². The summed E-state index contributed by atoms with van der Waals surface area (Å²) in [5, 5.41) is 6.31. The first-order chi connectivity index (χ1) is 9.57. The summed E-state index contributed by atoms with van der Waals surface area (Å²) in [4.78, 5) is 11.8. The third kappa shape index (κ3) is 8.90. The fourth-order valence-corrected chi connectivity index (χ4v) is 1.75. The molecule has 22 heavy (non-hydrogen) atoms. The molecule has 0 atom stereocenters. The molecule has 2 N–H and O–H groups in total. The molecule has 126 valence electrons. The summed E-state index contributed by atoms with van der Waals surface area (Å²) < 4.78 is 5.66. The second-order valence-electron chi connectivity index (χ2n) is 7.30. The van der Waals surface area contributed by atoms with E-state index in [9.17, 15) is 4.79 Å². The molecule has 1 aromatic carbocycles. The van der Waals surface area contributed by atoms with E-state index in [1.807, 2.05) is 45.0 Å². The Kier molecular flexibility index (Phi) is 7.91. The van der Waals surface area contributed by atoms with E-state index in [-0.39, 0.29) is 36.0 Å². The van der Waals surface area contributed by atoms with Gasteiger partial charge in [-0.25, -0.2) is 0 Å². The smallest absolute Gasteiger partial charge is 0.258 e. The Labute approximate surface area is 140 Å². The predicted octanol–water partition coefficient (Wildman–Crippen LogP) is 3.29. The first-order valence-corrected chi connectivity index (χ1v) is 7.33. The first-order valence-electron chi connectivity index (χ1n) is 7.33. The molecule has 0 saturated heterocycles. The van der Waals surface area contributed by atoms with Gasteiger partial charge in [0, 0.05) is 23.2 Å². The van der Waals surface area contributed by atoms with Crippen molar-refractivity contribution in [1.29, 1.82) is 0 Å². The summed E-state index contributed by atoms with van der Waals surface area (Å²) in [5.41, 5.74) is 0.848. The van der Waals surface area contributed by atoms with Crippen LogP contribution in [0.15, 0.2) is 24.3 Å². The van der Waals surface area contributed by atoms with Gasteiger partial charge in [0.25, 0.3) is 5.91 Å². The first kappa shape index (κ1) is 20.7. The van der Waals surface area contributed by atoms with Crippen molar-refractivity contribution in [2.45, 2.75) is 59.2 Å². The van der Waals surface area contributed by atoms with Gasteiger partial charge in [-0.2, -0.15) is 0 Å². The van der Waals surface area contributed by atoms with E-state index in [0.29, 0.717) is 6.54 Å². The third-order valence-electron chi connectivity index (χ3n) is 2.65. The highest BCUT2D eigenvalue weighted by Gasteiger charge is 2.15. The summed E-state index contributed by atoms with van der Waals surface area (Å²) in [6.07, 6.45) is 0. The molecular weight excluding hydrogens is 300 g/mol. The molecule has 0 aromatic heterocycles. The molecule has 1 amide bonds. The van der Waals surface area contributed by atoms with Gasteiger partial charge in [0.15, 0.2) is 6.61 Å². The van der Waals surface area contributed by atoms with Crippen molar-refractivity contribution in [2.24, 2.45) is 0 Å². The Balaban J connectivity index is 0.00000441. The van der Waals surface area contributed by atoms with Gasteiger partial charge in [0.1, 0.15) is 5.75 Å². The Morgan fingerprint density at radius 1 is 1.05 bits per heavy atom. The van der Waals surface area contributed by atoms with Crippen LogP contribution in [0, 0.1) is 0 Å². The lowest BCUT2D eigenvalue weighted by Crippen LogP contribution is -2.43. The van der Waals surface area contributed by atoms with E-state index in [4.69, 9.17) is 4.74 Å². The highest BCUT2D eigenvalue weighted by Crippen LogP contribution is 2.18. The average molecular weight is 329 g/mol. The van der Waals surface area contributed by atoms with Crippen molar-refractivity contribution in [3.05, 3.63) is 29.8 Å². The van der Waals surface area contributed by atoms with Gasteiger partial charge < -0.3 is 15.4 Å². The van der Waals surface area contributed by atoms with E-state index in [2.05, 4.69) is 31.4 Å². The van der Waals surface area contributed by atoms with Crippen molar-refractivity contribution < 1.29 is 9.53 Å². The van der Waals surface area contributed by atoms with Crippen molar-refractivity contribution in [3.63, 3.8) is 0 Å². The molecule has 4 nitrogen and oxygen atoms in total. The zero-order valence-electron chi connectivity index (χ0n) is 14.4. The van der Waals surface area contributed by atoms with E-state index in [0.717, 1.165) is 11.3 Å². The molecule has 0 aliphatic heterocycles. The molecule has 0 fully saturated rings. The second-order valence-corrected chi connectivity index (χ2v) is 7.30. The Morgan fingerprint density at radius 2 is 1.64 bits per heavy atom. The van der Waals surface area contributed by atoms with Gasteiger partial charge in [0.2, 0.25) is 0 Å². The van der Waals surface area contributed by atoms with Crippen LogP contribution in [0.4, 0.5) is 0 Å². The van der Waals surface area contributed by atoms with Crippen LogP contribution < -0.4 is 15.4 Å². The SMILES string of the molecule is CC(C)(C)NCc1ccccc1OCC(=O)NC(C)(C)C.Cl. The van der Waals surface area contributed by atoms with Gasteiger partial charge >= 0.3 is 0 Å². The van der Waals surface area contributed by atoms with Gasteiger partial charge in [-0.3, -0.25) is 4.79 Å². The lowest BCUT2D eigenvalue weighted by atomic mass is 10.1. The number of benzene rings is 1. The van der Waals surface area contributed by atoms with Gasteiger partial charge in [-0.05, 0) is 47.6 Å². The summed E-state index contributed by atoms with van der Waals surface area (Å²) >= 11 is 0. The number of ether oxygens (including phenoxy) is 1. The van der Waals surface area contributed by atoms with Gasteiger partial charge in [0.05, 0.1) is 0 Å². The highest BCUT2D eigenvalue weighted by atomic mass is 35.5. The average Bonchev–Trinajstić information content (AvgIpc) is 2.32. The van der Waals surface area contributed by atoms with Crippen molar-refractivity contribution >= 4 is 18.3 Å². The van der Waals surface area contributed by atoms with E-state index in [1.54, 1.807) is 0 Å². The number of hydrogen-bond donors (Lipinski definition) is 2. The lowest BCUT2D eigenvalue weighted by molar-refractivity contribution is -0.124. The number of halogens is 1. The van der Waals surface area contributed by atoms with Crippen LogP contribution in [0.2, 0.25) is 0 Å². The number of amides is 1. The van der Waals surface area contributed by atoms with Gasteiger partial charge in [-0.1, -0.05) is 18.2 Å². The van der Waals surface area contributed by atoms with Crippen LogP contribution in [0.3, 0.4) is 0 Å². The summed E-state index contributed by atoms with van der Waals surface area (Å²) in [6, 6.07) is 7.79. The normalized spacial score (nSPS) is 11.5. The highest BCUT2D eigenvalue weighted by molar-refractivity contribution is 5.85. The minimum atomic E-state index is -0.242. The topological polar surface area (TPSA) is 50.4 Å². The monoisotopic (exact) mass is 328 g/mol. The molecule has 0 saturated carbocycles. The Bertz CT molecular complexity index is 476. The Hall–Kier alpha value is -1.26. The molecule has 0 spiro atoms.